The van der Waals surface area contributed by atoms with Crippen molar-refractivity contribution in [2.24, 2.45) is 35.3 Å². The number of ether oxygens (including phenoxy) is 4. The number of rotatable bonds is 33. The summed E-state index contributed by atoms with van der Waals surface area (Å²) in [6, 6.07) is 75.1. The van der Waals surface area contributed by atoms with E-state index in [4.69, 9.17) is 51.3 Å². The van der Waals surface area contributed by atoms with E-state index in [0.29, 0.717) is 130 Å². The number of cyclic esters (lactones) is 4. The number of nitriles is 1. The average molecular weight is 2050 g/mol. The van der Waals surface area contributed by atoms with Crippen LogP contribution in [0.1, 0.15) is 233 Å². The molecule has 31 heteroatoms. The summed E-state index contributed by atoms with van der Waals surface area (Å²) in [6.07, 6.45) is 5.30. The second-order valence-corrected chi connectivity index (χ2v) is 38.5. The molecule has 0 radical (unpaired) electrons. The number of aromatic nitrogens is 2. The van der Waals surface area contributed by atoms with Gasteiger partial charge in [0.15, 0.2) is 5.78 Å². The number of para-hydroxylation sites is 3. The molecule has 26 nitrogen and oxygen atoms in total. The molecule has 12 atom stereocenters. The van der Waals surface area contributed by atoms with Crippen molar-refractivity contribution in [3.05, 3.63) is 312 Å². The molecule has 0 spiro atoms. The summed E-state index contributed by atoms with van der Waals surface area (Å²) < 4.78 is 72.1. The number of amides is 3. The summed E-state index contributed by atoms with van der Waals surface area (Å²) in [4.78, 5) is 124. The number of carboxylic acids is 1. The molecular weight excluding hydrogens is 1910 g/mol. The van der Waals surface area contributed by atoms with Crippen LogP contribution < -0.4 is 51.2 Å². The van der Waals surface area contributed by atoms with Crippen LogP contribution in [0.15, 0.2) is 255 Å². The number of nitrogens with one attached hydrogen (secondary N) is 3. The fourth-order valence-corrected chi connectivity index (χ4v) is 18.9. The van der Waals surface area contributed by atoms with Gasteiger partial charge in [0.05, 0.1) is 72.1 Å². The Bertz CT molecular complexity index is 6190. The average Bonchev–Trinajstić information content (AvgIpc) is 1.59. The molecule has 10 unspecified atom stereocenters. The maximum Gasteiger partial charge on any atom is 1.00 e. The van der Waals surface area contributed by atoms with Crippen LogP contribution in [0.5, 0.6) is 0 Å². The maximum atomic E-state index is 14.1. The molecule has 15 rings (SSSR count). The third kappa shape index (κ3) is 35.9. The monoisotopic (exact) mass is 2050 g/mol. The summed E-state index contributed by atoms with van der Waals surface area (Å²) in [5, 5.41) is 53.2. The quantitative estimate of drug-likeness (QED) is 0.00501. The van der Waals surface area contributed by atoms with E-state index in [2.05, 4.69) is 55.1 Å². The molecule has 148 heavy (non-hydrogen) atoms. The number of nitrogens with zero attached hydrogens (tertiary/aromatic N) is 4. The first kappa shape index (κ1) is 120. The van der Waals surface area contributed by atoms with Gasteiger partial charge in [0.25, 0.3) is 11.8 Å². The van der Waals surface area contributed by atoms with E-state index < -0.39 is 59.9 Å². The van der Waals surface area contributed by atoms with Gasteiger partial charge in [0.1, 0.15) is 64.1 Å². The zero-order valence-electron chi connectivity index (χ0n) is 86.1. The topological polar surface area (TPSA) is 397 Å². The van der Waals surface area contributed by atoms with Crippen LogP contribution in [-0.2, 0) is 70.0 Å². The molecule has 4 aliphatic rings. The molecule has 4 fully saturated rings. The van der Waals surface area contributed by atoms with Gasteiger partial charge in [-0.3, -0.25) is 47.9 Å². The molecule has 11 aromatic rings. The fourth-order valence-electron chi connectivity index (χ4n) is 18.5. The summed E-state index contributed by atoms with van der Waals surface area (Å²) in [5.74, 6) is -6.13. The van der Waals surface area contributed by atoms with Crippen LogP contribution in [0.25, 0.3) is 44.8 Å². The van der Waals surface area contributed by atoms with Crippen LogP contribution >= 0.6 is 0 Å². The van der Waals surface area contributed by atoms with Crippen LogP contribution in [0.3, 0.4) is 0 Å². The Labute approximate surface area is 891 Å². The normalized spacial score (nSPS) is 17.8. The van der Waals surface area contributed by atoms with Gasteiger partial charge in [-0.1, -0.05) is 215 Å². The zero-order valence-corrected chi connectivity index (χ0v) is 90.1. The van der Waals surface area contributed by atoms with E-state index in [1.807, 2.05) is 159 Å². The summed E-state index contributed by atoms with van der Waals surface area (Å²) >= 11 is 0. The second kappa shape index (κ2) is 60.7. The number of anilines is 3. The first-order valence-electron chi connectivity index (χ1n) is 49.9. The van der Waals surface area contributed by atoms with Crippen molar-refractivity contribution in [1.29, 1.82) is 10.5 Å². The molecule has 0 saturated carbocycles. The van der Waals surface area contributed by atoms with Gasteiger partial charge >= 0.3 is 59.4 Å². The second-order valence-electron chi connectivity index (χ2n) is 38.1. The minimum Gasteiger partial charge on any atom is -0.512 e. The van der Waals surface area contributed by atoms with Crippen molar-refractivity contribution in [3.8, 4) is 50.8 Å². The smallest absolute Gasteiger partial charge is 0.512 e. The molecule has 8 N–H and O–H groups in total. The van der Waals surface area contributed by atoms with Crippen molar-refractivity contribution in [2.45, 2.75) is 239 Å². The number of hydrogen-bond donors (Lipinski definition) is 7. The predicted molar refractivity (Wildman–Crippen MR) is 564 cm³/mol. The molecule has 4 saturated heterocycles. The largest absolute Gasteiger partial charge is 1.00 e. The Kier molecular flexibility index (Phi) is 49.1. The number of esters is 4. The van der Waals surface area contributed by atoms with E-state index in [-0.39, 0.29) is 158 Å². The number of carboxylic acid groups (broad SMARTS) is 1. The fraction of sp³-hybridized carbons (Fsp3) is 0.368. The van der Waals surface area contributed by atoms with Gasteiger partial charge in [-0.25, -0.2) is 13.2 Å². The molecule has 0 bridgehead atoms. The number of halogens is 3. The van der Waals surface area contributed by atoms with Crippen LogP contribution in [-0.4, -0.2) is 143 Å². The third-order valence-electron chi connectivity index (χ3n) is 25.2. The minimum absolute atomic E-state index is 0. The van der Waals surface area contributed by atoms with Crippen LogP contribution in [0.2, 0.25) is 0 Å². The van der Waals surface area contributed by atoms with Crippen molar-refractivity contribution in [3.63, 3.8) is 0 Å². The van der Waals surface area contributed by atoms with Gasteiger partial charge in [-0.15, -0.1) is 0 Å². The van der Waals surface area contributed by atoms with Crippen molar-refractivity contribution in [2.75, 3.05) is 22.5 Å². The minimum atomic E-state index is -1.24. The molecule has 778 valence electrons. The van der Waals surface area contributed by atoms with Crippen molar-refractivity contribution >= 4 is 86.7 Å². The Morgan fingerprint density at radius 3 is 1.26 bits per heavy atom. The molecule has 4 aliphatic heterocycles. The van der Waals surface area contributed by atoms with E-state index in [1.165, 1.54) is 48.5 Å². The van der Waals surface area contributed by atoms with E-state index in [1.54, 1.807) is 92.7 Å². The van der Waals surface area contributed by atoms with E-state index in [0.717, 1.165) is 71.4 Å². The third-order valence-corrected chi connectivity index (χ3v) is 25.9. The van der Waals surface area contributed by atoms with Gasteiger partial charge in [0.2, 0.25) is 5.91 Å². The van der Waals surface area contributed by atoms with Gasteiger partial charge in [-0.05, 0) is 218 Å². The van der Waals surface area contributed by atoms with Gasteiger partial charge < -0.3 is 81.3 Å². The Hall–Kier alpha value is -13.5. The summed E-state index contributed by atoms with van der Waals surface area (Å²) in [5.41, 5.74) is 16.9. The Morgan fingerprint density at radius 2 is 0.872 bits per heavy atom. The van der Waals surface area contributed by atoms with Crippen LogP contribution in [0.4, 0.5) is 30.2 Å². The van der Waals surface area contributed by atoms with Gasteiger partial charge in [-0.2, -0.15) is 5.26 Å². The Morgan fingerprint density at radius 1 is 0.500 bits per heavy atom. The standard InChI is InChI=1S/C33H35FN2O5.C33H35FN2O4Si.C26H24FNO3.C8H15NO2.C8H11NO2.C8H14O2.CN.Na.H2/c1-21(2)31-30(33(41)35-25-11-7-4-8-12-25)29(22-9-5-3-6-10-22)32(23-13-15-24(34)16-14-23)36(31)18-17-26(37)19-27(38)20-28(39)40;1-21(2)31-30(33(38)35-25-11-7-4-8-12-25)29(22-9-5-3-6-10-22)32(23-13-15-24(34)16-14-23)36(31)18-17-26-19-27(40-41)20-28(37)39-26;1-17(2)24(29)23(26(31)28-21-11-7-4-8-12-21)22(18-9-5-3-6-10-18)25(30)19-13-15-20(27)16-14-19;2*1-6-4-7(2-3-9)11-8(10)5-6;1-3-7-4-6(2)5-8(9)10-7;1-2;;/h3-16,21,26-27,37-38H,17-20H2,1-2H3,(H,35,41)(H,39,40);3-16,21,26-27H,17-20H2,1-2,41H3,(H,35,38);3-17,22-23H,1-2H3,(H,28,31);6-7H,2-5,9H2,1H3;6-7H,2,4-5H2,1H3;6-7H,3-5H2,1-2H3;;;1H/q;;;;;;-1;+1;/t2*26?,27-;;;;;;;/m11......./s1. The summed E-state index contributed by atoms with van der Waals surface area (Å²) in [6.45, 7) is 25.9. The van der Waals surface area contributed by atoms with E-state index >= 15 is 0 Å². The first-order chi connectivity index (χ1) is 70.5. The maximum absolute atomic E-state index is 14.1. The molecule has 2 aromatic heterocycles. The van der Waals surface area contributed by atoms with Crippen molar-refractivity contribution < 1.29 is 131 Å². The van der Waals surface area contributed by atoms with E-state index in [9.17, 15) is 71.3 Å². The Balaban J connectivity index is 0.000000260. The number of ketones is 2. The zero-order chi connectivity index (χ0) is 107. The molecule has 0 aliphatic carbocycles. The number of hydrogen-bond acceptors (Lipinski definition) is 20. The number of nitrogens with two attached hydrogens (primary N) is 1. The number of Topliss-reactive ketones (excluding diaryl/α,β-unsaturated/α-hetero) is 2. The number of aliphatic hydroxyl groups excluding tert-OH is 2. The number of aliphatic hydroxyl groups is 2. The molecular formula is C117H136F3N8NaO18Si. The SMILES string of the molecule is CC(C)C(=O)C(C(=O)Nc1ccccc1)C(C(=O)c1ccc(F)cc1)c1ccccc1.CC(C)c1c(C(=O)Nc2ccccc2)c(-c2ccccc2)c(-c2ccc(F)cc2)n1CCC(O)C[C@@H](O)CC(=O)O.CC(C)c1c(C(=O)Nc2ccccc2)c(-c2ccccc2)c(-c2ccc(F)cc2)n1CCC1C[C@@H](O[SiH3])CC(=O)O1.CC1CC(=O)OC(CC#N)C1.CC1CC(=O)OC(CCN)C1.CCC1CC(C)CC(=O)O1.[C-]#N.[HH].[Na+]. The molecule has 9 aromatic carbocycles. The number of aliphatic carboxylic acids is 1. The number of carbonyl (C=O) groups is 10. The van der Waals surface area contributed by atoms with Crippen molar-refractivity contribution in [1.82, 2.24) is 9.13 Å². The molecule has 3 amide bonds. The predicted octanol–water partition coefficient (Wildman–Crippen LogP) is 18.7. The molecule has 6 heterocycles. The number of benzene rings is 9. The first-order valence-corrected chi connectivity index (χ1v) is 50.7. The van der Waals surface area contributed by atoms with Crippen LogP contribution in [0, 0.1) is 70.2 Å². The summed E-state index contributed by atoms with van der Waals surface area (Å²) in [7, 11) is 0.556. The van der Waals surface area contributed by atoms with Gasteiger partial charge in [0, 0.05) is 97.7 Å². The number of carbonyl (C=O) groups excluding carboxylic acids is 9.